The van der Waals surface area contributed by atoms with E-state index in [1.807, 2.05) is 13.8 Å². The van der Waals surface area contributed by atoms with Crippen molar-refractivity contribution < 1.29 is 19.4 Å². The summed E-state index contributed by atoms with van der Waals surface area (Å²) < 4.78 is 6.80. The third kappa shape index (κ3) is 4.43. The van der Waals surface area contributed by atoms with E-state index in [0.29, 0.717) is 23.1 Å². The maximum atomic E-state index is 13.0. The number of pyridine rings is 1. The third-order valence-electron chi connectivity index (χ3n) is 5.24. The van der Waals surface area contributed by atoms with E-state index in [4.69, 9.17) is 4.74 Å². The summed E-state index contributed by atoms with van der Waals surface area (Å²) in [6.45, 7) is 4.55. The van der Waals surface area contributed by atoms with Crippen LogP contribution in [-0.4, -0.2) is 70.6 Å². The van der Waals surface area contributed by atoms with Gasteiger partial charge < -0.3 is 19.6 Å². The van der Waals surface area contributed by atoms with Crippen LogP contribution in [0.3, 0.4) is 0 Å². The van der Waals surface area contributed by atoms with Crippen molar-refractivity contribution in [3.8, 4) is 5.88 Å². The van der Waals surface area contributed by atoms with Crippen molar-refractivity contribution in [3.63, 3.8) is 0 Å². The van der Waals surface area contributed by atoms with E-state index in [9.17, 15) is 14.7 Å². The highest BCUT2D eigenvalue weighted by Gasteiger charge is 2.37. The first kappa shape index (κ1) is 20.1. The lowest BCUT2D eigenvalue weighted by Gasteiger charge is -2.37. The van der Waals surface area contributed by atoms with Gasteiger partial charge in [-0.15, -0.1) is 0 Å². The summed E-state index contributed by atoms with van der Waals surface area (Å²) in [5.41, 5.74) is 0.359. The number of likely N-dealkylation sites (N-methyl/N-ethyl adjacent to an activating group) is 1. The van der Waals surface area contributed by atoms with Crippen molar-refractivity contribution in [3.05, 3.63) is 22.3 Å². The number of amides is 2. The van der Waals surface area contributed by atoms with Gasteiger partial charge in [0.15, 0.2) is 0 Å². The maximum absolute atomic E-state index is 13.0. The second-order valence-corrected chi connectivity index (χ2v) is 8.54. The minimum atomic E-state index is -0.323. The molecule has 0 unspecified atom stereocenters. The summed E-state index contributed by atoms with van der Waals surface area (Å²) in [6, 6.07) is 1.37. The predicted octanol–water partition coefficient (Wildman–Crippen LogP) is 1.93. The highest BCUT2D eigenvalue weighted by molar-refractivity contribution is 9.10. The normalized spacial score (nSPS) is 23.7. The smallest absolute Gasteiger partial charge is 0.259 e. The molecule has 1 aromatic heterocycles. The van der Waals surface area contributed by atoms with Crippen LogP contribution < -0.4 is 4.74 Å². The molecule has 1 fully saturated rings. The van der Waals surface area contributed by atoms with Gasteiger partial charge in [-0.1, -0.05) is 6.92 Å². The Hall–Kier alpha value is -1.67. The Kier molecular flexibility index (Phi) is 6.05. The van der Waals surface area contributed by atoms with Crippen LogP contribution in [0, 0.1) is 11.8 Å². The number of carbonyl (C=O) groups excluding carboxylic acids is 2. The number of hydrogen-bond donors (Lipinski definition) is 1. The number of hydrogen-bond acceptors (Lipinski definition) is 5. The van der Waals surface area contributed by atoms with Gasteiger partial charge >= 0.3 is 0 Å². The largest absolute Gasteiger partial charge is 0.472 e. The van der Waals surface area contributed by atoms with Gasteiger partial charge in [-0.05, 0) is 41.8 Å². The van der Waals surface area contributed by atoms with E-state index in [0.717, 1.165) is 12.8 Å². The van der Waals surface area contributed by atoms with Crippen LogP contribution in [0.25, 0.3) is 0 Å². The van der Waals surface area contributed by atoms with Crippen LogP contribution >= 0.6 is 15.9 Å². The van der Waals surface area contributed by atoms with Crippen molar-refractivity contribution in [2.45, 2.75) is 38.8 Å². The van der Waals surface area contributed by atoms with Crippen LogP contribution in [0.2, 0.25) is 0 Å². The number of aliphatic hydroxyl groups is 1. The van der Waals surface area contributed by atoms with E-state index in [1.54, 1.807) is 29.1 Å². The molecule has 0 radical (unpaired) electrons. The Morgan fingerprint density at radius 1 is 1.52 bits per heavy atom. The molecule has 1 N–H and O–H groups in total. The molecular formula is C19H26BrN3O4. The third-order valence-corrected chi connectivity index (χ3v) is 5.68. The summed E-state index contributed by atoms with van der Waals surface area (Å²) in [5.74, 6) is 0.312. The van der Waals surface area contributed by atoms with E-state index in [-0.39, 0.29) is 48.3 Å². The van der Waals surface area contributed by atoms with Crippen LogP contribution in [-0.2, 0) is 4.79 Å². The molecule has 2 aliphatic rings. The van der Waals surface area contributed by atoms with Gasteiger partial charge in [0, 0.05) is 36.1 Å². The molecule has 7 nitrogen and oxygen atoms in total. The lowest BCUT2D eigenvalue weighted by molar-refractivity contribution is -0.132. The Balaban J connectivity index is 1.90. The monoisotopic (exact) mass is 439 g/mol. The van der Waals surface area contributed by atoms with Crippen LogP contribution in [0.1, 0.15) is 37.0 Å². The van der Waals surface area contributed by atoms with Crippen LogP contribution in [0.15, 0.2) is 16.7 Å². The fourth-order valence-corrected chi connectivity index (χ4v) is 3.63. The highest BCUT2D eigenvalue weighted by atomic mass is 79.9. The minimum absolute atomic E-state index is 0.0315. The number of rotatable bonds is 5. The molecule has 2 amide bonds. The van der Waals surface area contributed by atoms with Gasteiger partial charge in [-0.2, -0.15) is 0 Å². The number of ether oxygens (including phenoxy) is 1. The molecule has 27 heavy (non-hydrogen) atoms. The second-order valence-electron chi connectivity index (χ2n) is 7.62. The van der Waals surface area contributed by atoms with Gasteiger partial charge in [-0.3, -0.25) is 9.59 Å². The molecule has 3 atom stereocenters. The zero-order chi connectivity index (χ0) is 19.7. The molecular weight excluding hydrogens is 414 g/mol. The van der Waals surface area contributed by atoms with Crippen molar-refractivity contribution in [1.82, 2.24) is 14.8 Å². The Morgan fingerprint density at radius 2 is 2.22 bits per heavy atom. The van der Waals surface area contributed by atoms with E-state index in [2.05, 4.69) is 20.9 Å². The maximum Gasteiger partial charge on any atom is 0.259 e. The van der Waals surface area contributed by atoms with Gasteiger partial charge in [0.1, 0.15) is 11.7 Å². The first-order chi connectivity index (χ1) is 12.8. The zero-order valence-corrected chi connectivity index (χ0v) is 17.5. The van der Waals surface area contributed by atoms with Gasteiger partial charge in [0.2, 0.25) is 11.8 Å². The lowest BCUT2D eigenvalue weighted by atomic mass is 10.00. The molecule has 1 aliphatic carbocycles. The van der Waals surface area contributed by atoms with Crippen LogP contribution in [0.5, 0.6) is 5.88 Å². The van der Waals surface area contributed by atoms with Gasteiger partial charge in [0.25, 0.3) is 5.91 Å². The lowest BCUT2D eigenvalue weighted by Crippen LogP contribution is -2.50. The molecule has 0 aromatic carbocycles. The minimum Gasteiger partial charge on any atom is -0.472 e. The molecule has 0 bridgehead atoms. The first-order valence-corrected chi connectivity index (χ1v) is 10.1. The predicted molar refractivity (Wildman–Crippen MR) is 103 cm³/mol. The molecule has 1 aromatic rings. The molecule has 8 heteroatoms. The summed E-state index contributed by atoms with van der Waals surface area (Å²) in [5, 5.41) is 9.60. The summed E-state index contributed by atoms with van der Waals surface area (Å²) >= 11 is 3.36. The van der Waals surface area contributed by atoms with Crippen molar-refractivity contribution >= 4 is 27.7 Å². The quantitative estimate of drug-likeness (QED) is 0.757. The zero-order valence-electron chi connectivity index (χ0n) is 15.9. The van der Waals surface area contributed by atoms with Crippen molar-refractivity contribution in [2.75, 3.05) is 26.7 Å². The summed E-state index contributed by atoms with van der Waals surface area (Å²) in [7, 11) is 1.80. The number of carbonyl (C=O) groups is 2. The number of nitrogens with zero attached hydrogens (tertiary/aromatic N) is 3. The van der Waals surface area contributed by atoms with E-state index < -0.39 is 0 Å². The van der Waals surface area contributed by atoms with Gasteiger partial charge in [0.05, 0.1) is 19.2 Å². The molecule has 3 rings (SSSR count). The molecule has 1 aliphatic heterocycles. The van der Waals surface area contributed by atoms with Gasteiger partial charge in [-0.25, -0.2) is 4.98 Å². The fraction of sp³-hybridized carbons (Fsp3) is 0.632. The first-order valence-electron chi connectivity index (χ1n) is 9.30. The molecule has 1 saturated carbocycles. The van der Waals surface area contributed by atoms with E-state index >= 15 is 0 Å². The summed E-state index contributed by atoms with van der Waals surface area (Å²) in [4.78, 5) is 33.1. The SMILES string of the molecule is C[C@@H]1CN([C@H](C)CO)C(=O)c2cc(Br)cnc2O[C@@H]1CN(C)C(=O)C1CC1. The highest BCUT2D eigenvalue weighted by Crippen LogP contribution is 2.32. The second kappa shape index (κ2) is 8.14. The number of halogens is 1. The molecule has 0 saturated heterocycles. The van der Waals surface area contributed by atoms with E-state index in [1.165, 1.54) is 0 Å². The van der Waals surface area contributed by atoms with Crippen LogP contribution in [0.4, 0.5) is 0 Å². The topological polar surface area (TPSA) is 83.0 Å². The van der Waals surface area contributed by atoms with Crippen molar-refractivity contribution in [2.24, 2.45) is 11.8 Å². The van der Waals surface area contributed by atoms with Crippen molar-refractivity contribution in [1.29, 1.82) is 0 Å². The number of aromatic nitrogens is 1. The average Bonchev–Trinajstić information content (AvgIpc) is 3.49. The fourth-order valence-electron chi connectivity index (χ4n) is 3.30. The average molecular weight is 440 g/mol. The summed E-state index contributed by atoms with van der Waals surface area (Å²) in [6.07, 6.45) is 3.21. The molecule has 2 heterocycles. The number of aliphatic hydroxyl groups excluding tert-OH is 1. The Labute approximate surface area is 167 Å². The standard InChI is InChI=1S/C19H26BrN3O4/c1-11-8-23(12(2)10-24)19(26)15-6-14(20)7-21-17(15)27-16(11)9-22(3)18(25)13-4-5-13/h6-7,11-13,16,24H,4-5,8-10H2,1-3H3/t11-,12-,16-/m1/s1. The molecule has 148 valence electrons. The number of fused-ring (bicyclic) bond motifs is 1. The Bertz CT molecular complexity index is 725. The Morgan fingerprint density at radius 3 is 2.85 bits per heavy atom. The molecule has 0 spiro atoms.